The lowest BCUT2D eigenvalue weighted by atomic mass is 9.97. The summed E-state index contributed by atoms with van der Waals surface area (Å²) in [6.07, 6.45) is 2.12. The molecule has 0 saturated heterocycles. The summed E-state index contributed by atoms with van der Waals surface area (Å²) < 4.78 is 0. The zero-order valence-electron chi connectivity index (χ0n) is 7.96. The Morgan fingerprint density at radius 3 is 2.62 bits per heavy atom. The van der Waals surface area contributed by atoms with Gasteiger partial charge < -0.3 is 11.5 Å². The van der Waals surface area contributed by atoms with Crippen molar-refractivity contribution in [3.8, 4) is 0 Å². The van der Waals surface area contributed by atoms with E-state index < -0.39 is 0 Å². The summed E-state index contributed by atoms with van der Waals surface area (Å²) in [5, 5.41) is 0. The van der Waals surface area contributed by atoms with E-state index in [0.717, 1.165) is 12.8 Å². The first-order chi connectivity index (χ1) is 6.12. The van der Waals surface area contributed by atoms with E-state index in [9.17, 15) is 0 Å². The van der Waals surface area contributed by atoms with Gasteiger partial charge in [0.15, 0.2) is 0 Å². The molecule has 0 bridgehead atoms. The number of aryl methyl sites for hydroxylation is 1. The normalized spacial score (nSPS) is 21.2. The molecular weight excluding hydrogens is 160 g/mol. The van der Waals surface area contributed by atoms with Gasteiger partial charge in [-0.2, -0.15) is 0 Å². The van der Waals surface area contributed by atoms with E-state index in [-0.39, 0.29) is 11.6 Å². The van der Waals surface area contributed by atoms with Gasteiger partial charge in [0, 0.05) is 11.6 Å². The maximum atomic E-state index is 6.08. The van der Waals surface area contributed by atoms with E-state index in [4.69, 9.17) is 11.5 Å². The van der Waals surface area contributed by atoms with Crippen LogP contribution in [0, 0.1) is 6.92 Å². The van der Waals surface area contributed by atoms with Crippen LogP contribution in [0.4, 0.5) is 0 Å². The molecule has 0 aliphatic heterocycles. The first kappa shape index (κ1) is 8.73. The molecule has 70 valence electrons. The van der Waals surface area contributed by atoms with Gasteiger partial charge in [-0.25, -0.2) is 0 Å². The highest BCUT2D eigenvalue weighted by molar-refractivity contribution is 5.29. The highest BCUT2D eigenvalue weighted by Gasteiger charge is 2.44. The molecule has 0 heterocycles. The zero-order chi connectivity index (χ0) is 9.47. The molecule has 2 nitrogen and oxygen atoms in total. The number of hydrogen-bond acceptors (Lipinski definition) is 2. The van der Waals surface area contributed by atoms with E-state index in [1.54, 1.807) is 0 Å². The molecule has 1 aliphatic rings. The van der Waals surface area contributed by atoms with Crippen LogP contribution in [0.25, 0.3) is 0 Å². The van der Waals surface area contributed by atoms with Crippen molar-refractivity contribution in [3.63, 3.8) is 0 Å². The molecule has 1 aromatic rings. The van der Waals surface area contributed by atoms with Gasteiger partial charge in [0.25, 0.3) is 0 Å². The Balaban J connectivity index is 2.25. The Morgan fingerprint density at radius 1 is 1.38 bits per heavy atom. The first-order valence-corrected chi connectivity index (χ1v) is 4.73. The van der Waals surface area contributed by atoms with E-state index >= 15 is 0 Å². The van der Waals surface area contributed by atoms with Gasteiger partial charge in [0.1, 0.15) is 0 Å². The van der Waals surface area contributed by atoms with Gasteiger partial charge in [0.05, 0.1) is 0 Å². The molecule has 0 spiro atoms. The minimum Gasteiger partial charge on any atom is -0.323 e. The molecular formula is C11H16N2. The van der Waals surface area contributed by atoms with Crippen LogP contribution in [0.15, 0.2) is 24.3 Å². The van der Waals surface area contributed by atoms with Crippen LogP contribution >= 0.6 is 0 Å². The van der Waals surface area contributed by atoms with Crippen molar-refractivity contribution in [1.82, 2.24) is 0 Å². The predicted molar refractivity (Wildman–Crippen MR) is 54.3 cm³/mol. The molecule has 13 heavy (non-hydrogen) atoms. The van der Waals surface area contributed by atoms with Crippen molar-refractivity contribution < 1.29 is 0 Å². The second kappa shape index (κ2) is 2.82. The fourth-order valence-electron chi connectivity index (χ4n) is 1.65. The molecule has 0 radical (unpaired) electrons. The smallest absolute Gasteiger partial charge is 0.0477 e. The van der Waals surface area contributed by atoms with Crippen LogP contribution in [0.3, 0.4) is 0 Å². The Labute approximate surface area is 78.9 Å². The van der Waals surface area contributed by atoms with Crippen molar-refractivity contribution in [3.05, 3.63) is 35.4 Å². The lowest BCUT2D eigenvalue weighted by Crippen LogP contribution is -2.36. The van der Waals surface area contributed by atoms with Crippen LogP contribution < -0.4 is 11.5 Å². The zero-order valence-corrected chi connectivity index (χ0v) is 7.96. The van der Waals surface area contributed by atoms with Gasteiger partial charge in [-0.15, -0.1) is 0 Å². The molecule has 1 aliphatic carbocycles. The van der Waals surface area contributed by atoms with Gasteiger partial charge >= 0.3 is 0 Å². The quantitative estimate of drug-likeness (QED) is 0.717. The third-order valence-corrected chi connectivity index (χ3v) is 2.85. The van der Waals surface area contributed by atoms with Crippen LogP contribution in [-0.4, -0.2) is 5.54 Å². The summed E-state index contributed by atoms with van der Waals surface area (Å²) in [5.41, 5.74) is 14.4. The Morgan fingerprint density at radius 2 is 2.08 bits per heavy atom. The highest BCUT2D eigenvalue weighted by atomic mass is 14.9. The highest BCUT2D eigenvalue weighted by Crippen LogP contribution is 2.41. The molecule has 1 aromatic carbocycles. The minimum absolute atomic E-state index is 0.00685. The van der Waals surface area contributed by atoms with Gasteiger partial charge in [-0.3, -0.25) is 0 Å². The molecule has 2 rings (SSSR count). The van der Waals surface area contributed by atoms with Crippen LogP contribution in [0.2, 0.25) is 0 Å². The van der Waals surface area contributed by atoms with Crippen molar-refractivity contribution in [2.24, 2.45) is 11.5 Å². The van der Waals surface area contributed by atoms with E-state index in [0.29, 0.717) is 0 Å². The Bertz CT molecular complexity index is 316. The number of hydrogen-bond donors (Lipinski definition) is 2. The van der Waals surface area contributed by atoms with Crippen LogP contribution in [0.1, 0.15) is 30.0 Å². The van der Waals surface area contributed by atoms with Gasteiger partial charge in [0.2, 0.25) is 0 Å². The fraction of sp³-hybridized carbons (Fsp3) is 0.455. The SMILES string of the molecule is Cc1cccc(C(N)C2(N)CC2)c1. The molecule has 1 fully saturated rings. The lowest BCUT2D eigenvalue weighted by molar-refractivity contribution is 0.536. The maximum absolute atomic E-state index is 6.08. The fourth-order valence-corrected chi connectivity index (χ4v) is 1.65. The summed E-state index contributed by atoms with van der Waals surface area (Å²) in [4.78, 5) is 0. The summed E-state index contributed by atoms with van der Waals surface area (Å²) in [6, 6.07) is 8.30. The molecule has 0 aromatic heterocycles. The summed E-state index contributed by atoms with van der Waals surface area (Å²) in [6.45, 7) is 2.08. The average molecular weight is 176 g/mol. The summed E-state index contributed by atoms with van der Waals surface area (Å²) in [5.74, 6) is 0. The van der Waals surface area contributed by atoms with Crippen molar-refractivity contribution in [2.75, 3.05) is 0 Å². The van der Waals surface area contributed by atoms with Gasteiger partial charge in [-0.1, -0.05) is 29.8 Å². The number of benzene rings is 1. The standard InChI is InChI=1S/C11H16N2/c1-8-3-2-4-9(7-8)10(12)11(13)5-6-11/h2-4,7,10H,5-6,12-13H2,1H3. The van der Waals surface area contributed by atoms with Gasteiger partial charge in [-0.05, 0) is 25.3 Å². The third-order valence-electron chi connectivity index (χ3n) is 2.85. The number of nitrogens with two attached hydrogens (primary N) is 2. The van der Waals surface area contributed by atoms with E-state index in [2.05, 4.69) is 25.1 Å². The second-order valence-corrected chi connectivity index (χ2v) is 4.12. The largest absolute Gasteiger partial charge is 0.323 e. The second-order valence-electron chi connectivity index (χ2n) is 4.12. The molecule has 1 saturated carbocycles. The summed E-state index contributed by atoms with van der Waals surface area (Å²) >= 11 is 0. The topological polar surface area (TPSA) is 52.0 Å². The van der Waals surface area contributed by atoms with Crippen molar-refractivity contribution in [2.45, 2.75) is 31.3 Å². The third kappa shape index (κ3) is 1.60. The van der Waals surface area contributed by atoms with Crippen molar-refractivity contribution >= 4 is 0 Å². The summed E-state index contributed by atoms with van der Waals surface area (Å²) in [7, 11) is 0. The molecule has 1 atom stereocenters. The number of rotatable bonds is 2. The molecule has 0 amide bonds. The van der Waals surface area contributed by atoms with Crippen molar-refractivity contribution in [1.29, 1.82) is 0 Å². The Hall–Kier alpha value is -0.860. The van der Waals surface area contributed by atoms with E-state index in [1.165, 1.54) is 11.1 Å². The minimum atomic E-state index is -0.117. The molecule has 2 heteroatoms. The maximum Gasteiger partial charge on any atom is 0.0477 e. The molecule has 1 unspecified atom stereocenters. The monoisotopic (exact) mass is 176 g/mol. The Kier molecular flexibility index (Phi) is 1.90. The van der Waals surface area contributed by atoms with Crippen LogP contribution in [-0.2, 0) is 0 Å². The first-order valence-electron chi connectivity index (χ1n) is 4.73. The predicted octanol–water partition coefficient (Wildman–Crippen LogP) is 1.49. The van der Waals surface area contributed by atoms with Crippen LogP contribution in [0.5, 0.6) is 0 Å². The average Bonchev–Trinajstić information content (AvgIpc) is 2.84. The lowest BCUT2D eigenvalue weighted by Gasteiger charge is -2.19. The van der Waals surface area contributed by atoms with E-state index in [1.807, 2.05) is 6.07 Å². The molecule has 4 N–H and O–H groups in total.